The van der Waals surface area contributed by atoms with Gasteiger partial charge in [0.2, 0.25) is 5.91 Å². The molecule has 0 radical (unpaired) electrons. The molecule has 3 aromatic rings. The lowest BCUT2D eigenvalue weighted by Crippen LogP contribution is -2.33. The average molecular weight is 563 g/mol. The van der Waals surface area contributed by atoms with Crippen LogP contribution in [0, 0.1) is 0 Å². The van der Waals surface area contributed by atoms with Gasteiger partial charge in [-0.1, -0.05) is 54.6 Å². The minimum Gasteiger partial charge on any atom is -0.381 e. The molecule has 0 aliphatic rings. The molecule has 0 saturated heterocycles. The summed E-state index contributed by atoms with van der Waals surface area (Å²) < 4.78 is 72.6. The Labute approximate surface area is 223 Å². The van der Waals surface area contributed by atoms with Gasteiger partial charge in [-0.3, -0.25) is 9.59 Å². The number of para-hydroxylation sites is 2. The molecule has 1 N–H and O–H groups in total. The van der Waals surface area contributed by atoms with Gasteiger partial charge in [0.1, 0.15) is 0 Å². The van der Waals surface area contributed by atoms with Gasteiger partial charge in [-0.2, -0.15) is 21.6 Å². The van der Waals surface area contributed by atoms with Crippen LogP contribution in [-0.2, 0) is 31.0 Å². The lowest BCUT2D eigenvalue weighted by Gasteiger charge is -2.26. The Balaban J connectivity index is 2.12. The Morgan fingerprint density at radius 2 is 1.56 bits per heavy atom. The van der Waals surface area contributed by atoms with Crippen LogP contribution in [0.1, 0.15) is 18.1 Å². The summed E-state index contributed by atoms with van der Waals surface area (Å²) in [4.78, 5) is 26.5. The van der Waals surface area contributed by atoms with Crippen LogP contribution in [0.5, 0.6) is 5.75 Å². The molecule has 0 saturated carbocycles. The Hall–Kier alpha value is -4.16. The number of amides is 2. The molecule has 0 atom stereocenters. The zero-order chi connectivity index (χ0) is 28.6. The highest BCUT2D eigenvalue weighted by Gasteiger charge is 2.49. The maximum absolute atomic E-state index is 14.0. The van der Waals surface area contributed by atoms with E-state index in [1.807, 2.05) is 0 Å². The minimum atomic E-state index is -6.01. The first-order chi connectivity index (χ1) is 18.4. The second kappa shape index (κ2) is 12.6. The molecule has 0 heterocycles. The average Bonchev–Trinajstić information content (AvgIpc) is 2.88. The number of anilines is 2. The fourth-order valence-electron chi connectivity index (χ4n) is 3.53. The molecule has 0 bridgehead atoms. The van der Waals surface area contributed by atoms with Crippen molar-refractivity contribution in [3.8, 4) is 5.75 Å². The van der Waals surface area contributed by atoms with E-state index in [9.17, 15) is 31.2 Å². The van der Waals surface area contributed by atoms with Gasteiger partial charge in [0, 0.05) is 25.3 Å². The molecule has 2 amide bonds. The number of alkyl halides is 3. The molecule has 0 spiro atoms. The molecule has 12 heteroatoms. The summed E-state index contributed by atoms with van der Waals surface area (Å²) in [5, 5.41) is 2.62. The van der Waals surface area contributed by atoms with Gasteiger partial charge >= 0.3 is 15.6 Å². The van der Waals surface area contributed by atoms with E-state index in [2.05, 4.69) is 9.50 Å². The van der Waals surface area contributed by atoms with Gasteiger partial charge in [0.15, 0.2) is 5.75 Å². The number of carbonyl (C=O) groups is 2. The predicted octanol–water partition coefficient (Wildman–Crippen LogP) is 5.14. The highest BCUT2D eigenvalue weighted by atomic mass is 32.2. The maximum atomic E-state index is 14.0. The van der Waals surface area contributed by atoms with Gasteiger partial charge in [-0.05, 0) is 41.5 Å². The standard InChI is InChI=1S/C27H25F3N2O6S/c1-19(33)31-22-14-12-21(13-15-22)23(16-17-37-2)26(34)32(18-20-8-4-3-5-9-20)24-10-6-7-11-25(24)38-39(35,36)27(28,29)30/h3-16H,17-18H2,1-2H3,(H,31,33)/b23-16-. The number of methoxy groups -OCH3 is 1. The molecule has 0 unspecified atom stereocenters. The minimum absolute atomic E-state index is 0.0221. The maximum Gasteiger partial charge on any atom is 0.534 e. The first-order valence-electron chi connectivity index (χ1n) is 11.5. The fourth-order valence-corrected chi connectivity index (χ4v) is 4.00. The zero-order valence-corrected chi connectivity index (χ0v) is 21.8. The van der Waals surface area contributed by atoms with Crippen molar-refractivity contribution < 1.29 is 40.1 Å². The van der Waals surface area contributed by atoms with E-state index >= 15 is 0 Å². The Bertz CT molecular complexity index is 1440. The molecule has 206 valence electrons. The van der Waals surface area contributed by atoms with Gasteiger partial charge in [-0.15, -0.1) is 0 Å². The normalized spacial score (nSPS) is 12.1. The fraction of sp³-hybridized carbons (Fsp3) is 0.185. The number of halogens is 3. The lowest BCUT2D eigenvalue weighted by atomic mass is 10.0. The van der Waals surface area contributed by atoms with E-state index in [1.54, 1.807) is 54.6 Å². The van der Waals surface area contributed by atoms with Crippen molar-refractivity contribution in [2.24, 2.45) is 0 Å². The zero-order valence-electron chi connectivity index (χ0n) is 20.9. The molecular weight excluding hydrogens is 537 g/mol. The van der Waals surface area contributed by atoms with E-state index in [0.717, 1.165) is 11.0 Å². The molecule has 0 aliphatic carbocycles. The summed E-state index contributed by atoms with van der Waals surface area (Å²) >= 11 is 0. The van der Waals surface area contributed by atoms with Crippen molar-refractivity contribution in [3.05, 3.63) is 96.1 Å². The first-order valence-corrected chi connectivity index (χ1v) is 12.9. The topological polar surface area (TPSA) is 102 Å². The molecule has 8 nitrogen and oxygen atoms in total. The number of ether oxygens (including phenoxy) is 1. The van der Waals surface area contributed by atoms with Crippen LogP contribution in [0.2, 0.25) is 0 Å². The number of hydrogen-bond donors (Lipinski definition) is 1. The summed E-state index contributed by atoms with van der Waals surface area (Å²) in [6.45, 7) is 1.25. The summed E-state index contributed by atoms with van der Waals surface area (Å²) in [6.07, 6.45) is 1.49. The SMILES string of the molecule is COC/C=C(\C(=O)N(Cc1ccccc1)c1ccccc1OS(=O)(=O)C(F)(F)F)c1ccc(NC(C)=O)cc1. The van der Waals surface area contributed by atoms with Gasteiger partial charge < -0.3 is 19.1 Å². The molecular formula is C27H25F3N2O6S. The molecule has 0 fully saturated rings. The number of benzene rings is 3. The van der Waals surface area contributed by atoms with Gasteiger partial charge in [0.05, 0.1) is 18.8 Å². The van der Waals surface area contributed by atoms with Crippen molar-refractivity contribution in [1.29, 1.82) is 0 Å². The highest BCUT2D eigenvalue weighted by molar-refractivity contribution is 7.88. The van der Waals surface area contributed by atoms with Crippen molar-refractivity contribution in [2.45, 2.75) is 19.0 Å². The molecule has 0 aliphatic heterocycles. The quantitative estimate of drug-likeness (QED) is 0.209. The third-order valence-electron chi connectivity index (χ3n) is 5.27. The number of hydrogen-bond acceptors (Lipinski definition) is 6. The number of rotatable bonds is 10. The largest absolute Gasteiger partial charge is 0.534 e. The van der Waals surface area contributed by atoms with Gasteiger partial charge in [0.25, 0.3) is 5.91 Å². The lowest BCUT2D eigenvalue weighted by molar-refractivity contribution is -0.114. The van der Waals surface area contributed by atoms with Crippen molar-refractivity contribution in [1.82, 2.24) is 0 Å². The van der Waals surface area contributed by atoms with Crippen molar-refractivity contribution in [2.75, 3.05) is 23.9 Å². The molecule has 0 aromatic heterocycles. The third-order valence-corrected chi connectivity index (χ3v) is 6.23. The van der Waals surface area contributed by atoms with Crippen LogP contribution in [0.3, 0.4) is 0 Å². The summed E-state index contributed by atoms with van der Waals surface area (Å²) in [5.74, 6) is -1.62. The molecule has 39 heavy (non-hydrogen) atoms. The number of nitrogens with one attached hydrogen (secondary N) is 1. The van der Waals surface area contributed by atoms with Crippen LogP contribution >= 0.6 is 0 Å². The Morgan fingerprint density at radius 1 is 0.949 bits per heavy atom. The number of nitrogens with zero attached hydrogens (tertiary/aromatic N) is 1. The van der Waals surface area contributed by atoms with Crippen LogP contribution in [0.15, 0.2) is 84.9 Å². The summed E-state index contributed by atoms with van der Waals surface area (Å²) in [5.41, 5.74) is -4.22. The molecule has 3 rings (SSSR count). The third kappa shape index (κ3) is 7.68. The van der Waals surface area contributed by atoms with Crippen LogP contribution < -0.4 is 14.4 Å². The van der Waals surface area contributed by atoms with E-state index in [4.69, 9.17) is 4.74 Å². The second-order valence-corrected chi connectivity index (χ2v) is 9.70. The summed E-state index contributed by atoms with van der Waals surface area (Å²) in [7, 11) is -4.59. The first kappa shape index (κ1) is 29.4. The van der Waals surface area contributed by atoms with E-state index in [1.165, 1.54) is 38.3 Å². The van der Waals surface area contributed by atoms with E-state index in [0.29, 0.717) is 16.8 Å². The van der Waals surface area contributed by atoms with Crippen LogP contribution in [0.4, 0.5) is 24.5 Å². The monoisotopic (exact) mass is 562 g/mol. The van der Waals surface area contributed by atoms with E-state index < -0.39 is 27.3 Å². The smallest absolute Gasteiger partial charge is 0.381 e. The Morgan fingerprint density at radius 3 is 2.15 bits per heavy atom. The van der Waals surface area contributed by atoms with Crippen LogP contribution in [-0.4, -0.2) is 39.5 Å². The molecule has 3 aromatic carbocycles. The van der Waals surface area contributed by atoms with Crippen molar-refractivity contribution in [3.63, 3.8) is 0 Å². The van der Waals surface area contributed by atoms with Crippen molar-refractivity contribution >= 4 is 38.9 Å². The number of carbonyl (C=O) groups excluding carboxylic acids is 2. The second-order valence-electron chi connectivity index (χ2n) is 8.16. The highest BCUT2D eigenvalue weighted by Crippen LogP contribution is 2.36. The Kier molecular flexibility index (Phi) is 9.49. The van der Waals surface area contributed by atoms with Crippen LogP contribution in [0.25, 0.3) is 5.57 Å². The van der Waals surface area contributed by atoms with E-state index in [-0.39, 0.29) is 30.3 Å². The van der Waals surface area contributed by atoms with Gasteiger partial charge in [-0.25, -0.2) is 0 Å². The summed E-state index contributed by atoms with van der Waals surface area (Å²) in [6, 6.07) is 20.0. The predicted molar refractivity (Wildman–Crippen MR) is 140 cm³/mol.